The van der Waals surface area contributed by atoms with Crippen LogP contribution in [0.25, 0.3) is 10.9 Å². The number of H-pyrrole nitrogens is 1. The van der Waals surface area contributed by atoms with E-state index in [2.05, 4.69) is 15.3 Å². The predicted molar refractivity (Wildman–Crippen MR) is 99.4 cm³/mol. The van der Waals surface area contributed by atoms with Crippen molar-refractivity contribution in [3.8, 4) is 0 Å². The van der Waals surface area contributed by atoms with Crippen molar-refractivity contribution in [2.24, 2.45) is 0 Å². The molecule has 0 fully saturated rings. The van der Waals surface area contributed by atoms with Crippen LogP contribution in [0.15, 0.2) is 42.9 Å². The van der Waals surface area contributed by atoms with Crippen molar-refractivity contribution >= 4 is 32.5 Å². The van der Waals surface area contributed by atoms with Gasteiger partial charge in [-0.05, 0) is 29.7 Å². The number of nitrogens with zero attached hydrogens (tertiary/aromatic N) is 2. The molecule has 1 aromatic carbocycles. The Bertz CT molecular complexity index is 1100. The van der Waals surface area contributed by atoms with E-state index in [-0.39, 0.29) is 12.5 Å². The van der Waals surface area contributed by atoms with E-state index in [0.717, 1.165) is 22.0 Å². The number of fused-ring (bicyclic) bond motifs is 2. The highest BCUT2D eigenvalue weighted by Crippen LogP contribution is 2.26. The van der Waals surface area contributed by atoms with Gasteiger partial charge in [0.25, 0.3) is 5.91 Å². The molecule has 0 unspecified atom stereocenters. The number of carbonyl (C=O) groups excluding carboxylic acids is 1. The number of hydrogen-bond acceptors (Lipinski definition) is 4. The lowest BCUT2D eigenvalue weighted by Crippen LogP contribution is -2.36. The van der Waals surface area contributed by atoms with E-state index in [1.807, 2.05) is 30.5 Å². The second-order valence-corrected chi connectivity index (χ2v) is 8.36. The van der Waals surface area contributed by atoms with Crippen molar-refractivity contribution in [3.63, 3.8) is 0 Å². The average molecular weight is 370 g/mol. The molecule has 8 heteroatoms. The van der Waals surface area contributed by atoms with Gasteiger partial charge in [-0.1, -0.05) is 12.1 Å². The van der Waals surface area contributed by atoms with Gasteiger partial charge in [-0.3, -0.25) is 9.78 Å². The van der Waals surface area contributed by atoms with E-state index in [4.69, 9.17) is 0 Å². The van der Waals surface area contributed by atoms with E-state index in [0.29, 0.717) is 24.2 Å². The Kier molecular flexibility index (Phi) is 4.01. The Balaban J connectivity index is 1.65. The highest BCUT2D eigenvalue weighted by Gasteiger charge is 2.26. The lowest BCUT2D eigenvalue weighted by atomic mass is 9.98. The fourth-order valence-corrected chi connectivity index (χ4v) is 4.12. The number of aromatic nitrogens is 2. The Morgan fingerprint density at radius 2 is 2.12 bits per heavy atom. The van der Waals surface area contributed by atoms with Gasteiger partial charge in [-0.2, -0.15) is 4.31 Å². The summed E-state index contributed by atoms with van der Waals surface area (Å²) in [4.78, 5) is 20.1. The Labute approximate surface area is 151 Å². The molecule has 0 atom stereocenters. The smallest absolute Gasteiger partial charge is 0.257 e. The van der Waals surface area contributed by atoms with Crippen LogP contribution in [0.4, 0.5) is 5.69 Å². The molecule has 2 N–H and O–H groups in total. The third-order valence-corrected chi connectivity index (χ3v) is 5.90. The number of nitrogens with one attached hydrogen (secondary N) is 2. The van der Waals surface area contributed by atoms with Crippen LogP contribution in [0.2, 0.25) is 0 Å². The Morgan fingerprint density at radius 1 is 1.27 bits per heavy atom. The molecule has 3 aromatic rings. The monoisotopic (exact) mass is 370 g/mol. The lowest BCUT2D eigenvalue weighted by Gasteiger charge is -2.27. The molecule has 1 aliphatic rings. The third-order valence-electron chi connectivity index (χ3n) is 4.65. The SMILES string of the molecule is CS(=O)(=O)N1CCc2c(cncc2C(=O)Nc2cccc3cc[nH]c23)C1. The minimum atomic E-state index is -3.27. The standard InChI is InChI=1S/C18H18N4O3S/c1-26(24,25)22-8-6-14-13(11-22)9-19-10-15(14)18(23)21-16-4-2-3-12-5-7-20-17(12)16/h2-5,7,9-10,20H,6,8,11H2,1H3,(H,21,23). The number of anilines is 1. The second-order valence-electron chi connectivity index (χ2n) is 6.37. The molecule has 4 rings (SSSR count). The van der Waals surface area contributed by atoms with Crippen molar-refractivity contribution in [1.29, 1.82) is 0 Å². The van der Waals surface area contributed by atoms with Gasteiger partial charge in [0, 0.05) is 37.1 Å². The summed E-state index contributed by atoms with van der Waals surface area (Å²) >= 11 is 0. The Morgan fingerprint density at radius 3 is 2.92 bits per heavy atom. The number of aromatic amines is 1. The van der Waals surface area contributed by atoms with Gasteiger partial charge in [-0.25, -0.2) is 8.42 Å². The molecule has 0 saturated carbocycles. The van der Waals surface area contributed by atoms with Crippen molar-refractivity contribution in [2.45, 2.75) is 13.0 Å². The maximum atomic E-state index is 12.8. The molecular weight excluding hydrogens is 352 g/mol. The normalized spacial score (nSPS) is 15.0. The predicted octanol–water partition coefficient (Wildman–Crippen LogP) is 2.13. The van der Waals surface area contributed by atoms with Crippen LogP contribution in [0, 0.1) is 0 Å². The van der Waals surface area contributed by atoms with E-state index in [9.17, 15) is 13.2 Å². The van der Waals surface area contributed by atoms with Crippen LogP contribution in [-0.4, -0.2) is 41.4 Å². The summed E-state index contributed by atoms with van der Waals surface area (Å²) in [6.07, 6.45) is 6.68. The topological polar surface area (TPSA) is 95.2 Å². The third kappa shape index (κ3) is 2.97. The summed E-state index contributed by atoms with van der Waals surface area (Å²) in [5.74, 6) is -0.246. The maximum absolute atomic E-state index is 12.8. The van der Waals surface area contributed by atoms with E-state index < -0.39 is 10.0 Å². The first kappa shape index (κ1) is 16.7. The largest absolute Gasteiger partial charge is 0.359 e. The van der Waals surface area contributed by atoms with Gasteiger partial charge in [0.05, 0.1) is 23.0 Å². The molecule has 0 aliphatic carbocycles. The summed E-state index contributed by atoms with van der Waals surface area (Å²) in [5.41, 5.74) is 3.67. The fourth-order valence-electron chi connectivity index (χ4n) is 3.33. The quantitative estimate of drug-likeness (QED) is 0.738. The minimum Gasteiger partial charge on any atom is -0.359 e. The molecule has 134 valence electrons. The number of hydrogen-bond donors (Lipinski definition) is 2. The summed E-state index contributed by atoms with van der Waals surface area (Å²) < 4.78 is 25.0. The molecule has 0 bridgehead atoms. The number of benzene rings is 1. The number of carbonyl (C=O) groups is 1. The zero-order chi connectivity index (χ0) is 18.3. The molecule has 1 amide bonds. The first-order valence-corrected chi connectivity index (χ1v) is 10.1. The minimum absolute atomic E-state index is 0.245. The fraction of sp³-hybridized carbons (Fsp3) is 0.222. The van der Waals surface area contributed by atoms with Crippen LogP contribution in [-0.2, 0) is 23.0 Å². The van der Waals surface area contributed by atoms with Gasteiger partial charge in [0.2, 0.25) is 10.0 Å². The number of pyridine rings is 1. The first-order chi connectivity index (χ1) is 12.4. The van der Waals surface area contributed by atoms with Crippen LogP contribution in [0.5, 0.6) is 0 Å². The Hall–Kier alpha value is -2.71. The molecule has 2 aromatic heterocycles. The van der Waals surface area contributed by atoms with Gasteiger partial charge in [-0.15, -0.1) is 0 Å². The van der Waals surface area contributed by atoms with Crippen molar-refractivity contribution in [2.75, 3.05) is 18.1 Å². The molecule has 0 spiro atoms. The number of para-hydroxylation sites is 1. The lowest BCUT2D eigenvalue weighted by molar-refractivity contribution is 0.102. The molecule has 1 aliphatic heterocycles. The van der Waals surface area contributed by atoms with Crippen molar-refractivity contribution < 1.29 is 13.2 Å². The van der Waals surface area contributed by atoms with Crippen molar-refractivity contribution in [1.82, 2.24) is 14.3 Å². The zero-order valence-electron chi connectivity index (χ0n) is 14.2. The van der Waals surface area contributed by atoms with Crippen LogP contribution in [0.3, 0.4) is 0 Å². The summed E-state index contributed by atoms with van der Waals surface area (Å²) in [6.45, 7) is 0.608. The molecule has 26 heavy (non-hydrogen) atoms. The van der Waals surface area contributed by atoms with Crippen LogP contribution >= 0.6 is 0 Å². The average Bonchev–Trinajstić information content (AvgIpc) is 3.09. The van der Waals surface area contributed by atoms with Gasteiger partial charge >= 0.3 is 0 Å². The molecule has 7 nitrogen and oxygen atoms in total. The number of rotatable bonds is 3. The van der Waals surface area contributed by atoms with E-state index in [1.54, 1.807) is 12.4 Å². The van der Waals surface area contributed by atoms with Gasteiger partial charge < -0.3 is 10.3 Å². The number of amides is 1. The second kappa shape index (κ2) is 6.22. The van der Waals surface area contributed by atoms with E-state index in [1.165, 1.54) is 10.6 Å². The highest BCUT2D eigenvalue weighted by atomic mass is 32.2. The summed E-state index contributed by atoms with van der Waals surface area (Å²) in [7, 11) is -3.27. The van der Waals surface area contributed by atoms with Gasteiger partial charge in [0.1, 0.15) is 0 Å². The molecule has 3 heterocycles. The highest BCUT2D eigenvalue weighted by molar-refractivity contribution is 7.88. The zero-order valence-corrected chi connectivity index (χ0v) is 15.0. The van der Waals surface area contributed by atoms with Gasteiger partial charge in [0.15, 0.2) is 0 Å². The molecular formula is C18H18N4O3S. The first-order valence-electron chi connectivity index (χ1n) is 8.22. The molecule has 0 saturated heterocycles. The van der Waals surface area contributed by atoms with E-state index >= 15 is 0 Å². The maximum Gasteiger partial charge on any atom is 0.257 e. The summed E-state index contributed by atoms with van der Waals surface area (Å²) in [5, 5.41) is 3.95. The van der Waals surface area contributed by atoms with Crippen LogP contribution in [0.1, 0.15) is 21.5 Å². The number of sulfonamides is 1. The van der Waals surface area contributed by atoms with Crippen molar-refractivity contribution in [3.05, 3.63) is 59.5 Å². The summed E-state index contributed by atoms with van der Waals surface area (Å²) in [6, 6.07) is 7.63. The van der Waals surface area contributed by atoms with Crippen LogP contribution < -0.4 is 5.32 Å². The molecule has 0 radical (unpaired) electrons.